The van der Waals surface area contributed by atoms with E-state index in [-0.39, 0.29) is 5.56 Å². The van der Waals surface area contributed by atoms with E-state index in [4.69, 9.17) is 4.74 Å². The van der Waals surface area contributed by atoms with Gasteiger partial charge in [0.05, 0.1) is 24.7 Å². The number of aromatic nitrogens is 3. The maximum atomic E-state index is 13.0. The number of methoxy groups -OCH3 is 1. The molecule has 0 radical (unpaired) electrons. The molecule has 0 amide bonds. The van der Waals surface area contributed by atoms with Crippen molar-refractivity contribution < 1.29 is 4.74 Å². The first-order valence-electron chi connectivity index (χ1n) is 9.30. The fourth-order valence-electron chi connectivity index (χ4n) is 3.84. The van der Waals surface area contributed by atoms with Gasteiger partial charge >= 0.3 is 0 Å². The van der Waals surface area contributed by atoms with Gasteiger partial charge in [0.15, 0.2) is 0 Å². The zero-order valence-electron chi connectivity index (χ0n) is 15.8. The Morgan fingerprint density at radius 3 is 2.74 bits per heavy atom. The molecule has 0 saturated carbocycles. The van der Waals surface area contributed by atoms with E-state index in [1.807, 2.05) is 47.3 Å². The summed E-state index contributed by atoms with van der Waals surface area (Å²) >= 11 is 0. The van der Waals surface area contributed by atoms with Crippen molar-refractivity contribution in [1.29, 1.82) is 0 Å². The van der Waals surface area contributed by atoms with Crippen LogP contribution in [0.3, 0.4) is 0 Å². The lowest BCUT2D eigenvalue weighted by molar-refractivity contribution is 0.235. The average Bonchev–Trinajstić information content (AvgIpc) is 3.00. The quantitative estimate of drug-likeness (QED) is 0.698. The van der Waals surface area contributed by atoms with Crippen LogP contribution < -0.4 is 10.3 Å². The van der Waals surface area contributed by atoms with Crippen molar-refractivity contribution in [2.75, 3.05) is 13.7 Å². The van der Waals surface area contributed by atoms with E-state index in [0.717, 1.165) is 60.9 Å². The lowest BCUT2D eigenvalue weighted by atomic mass is 10.1. The van der Waals surface area contributed by atoms with Gasteiger partial charge < -0.3 is 4.74 Å². The number of pyridine rings is 1. The molecule has 3 aromatic rings. The SMILES string of the molecule is CCn1c2c(c(=O)n1-c1ccccc1)CCN(Cc1cncc(OC)c1)C2. The Bertz CT molecular complexity index is 991. The number of hydrogen-bond acceptors (Lipinski definition) is 4. The summed E-state index contributed by atoms with van der Waals surface area (Å²) in [6.07, 6.45) is 4.36. The number of para-hydroxylation sites is 1. The fraction of sp³-hybridized carbons (Fsp3) is 0.333. The Morgan fingerprint density at radius 1 is 1.19 bits per heavy atom. The van der Waals surface area contributed by atoms with Crippen LogP contribution in [0.2, 0.25) is 0 Å². The van der Waals surface area contributed by atoms with Gasteiger partial charge in [0.25, 0.3) is 5.56 Å². The summed E-state index contributed by atoms with van der Waals surface area (Å²) in [7, 11) is 1.65. The minimum atomic E-state index is 0.112. The summed E-state index contributed by atoms with van der Waals surface area (Å²) < 4.78 is 9.21. The minimum Gasteiger partial charge on any atom is -0.495 e. The first-order valence-corrected chi connectivity index (χ1v) is 9.30. The second-order valence-electron chi connectivity index (χ2n) is 6.79. The summed E-state index contributed by atoms with van der Waals surface area (Å²) in [4.78, 5) is 19.6. The molecule has 0 atom stereocenters. The molecule has 6 nitrogen and oxygen atoms in total. The van der Waals surface area contributed by atoms with Crippen molar-refractivity contribution in [2.24, 2.45) is 0 Å². The van der Waals surface area contributed by atoms with Gasteiger partial charge in [0, 0.05) is 37.9 Å². The summed E-state index contributed by atoms with van der Waals surface area (Å²) in [5.41, 5.74) is 4.21. The largest absolute Gasteiger partial charge is 0.495 e. The molecular weight excluding hydrogens is 340 g/mol. The van der Waals surface area contributed by atoms with Gasteiger partial charge in [-0.15, -0.1) is 0 Å². The maximum Gasteiger partial charge on any atom is 0.274 e. The van der Waals surface area contributed by atoms with Crippen LogP contribution in [0.4, 0.5) is 0 Å². The van der Waals surface area contributed by atoms with Crippen LogP contribution in [0.5, 0.6) is 5.75 Å². The van der Waals surface area contributed by atoms with Crippen LogP contribution in [0.25, 0.3) is 5.69 Å². The van der Waals surface area contributed by atoms with E-state index in [9.17, 15) is 4.79 Å². The third kappa shape index (κ3) is 3.28. The van der Waals surface area contributed by atoms with Crippen molar-refractivity contribution in [3.8, 4) is 11.4 Å². The summed E-state index contributed by atoms with van der Waals surface area (Å²) in [6, 6.07) is 11.9. The van der Waals surface area contributed by atoms with Crippen LogP contribution >= 0.6 is 0 Å². The highest BCUT2D eigenvalue weighted by Gasteiger charge is 2.26. The van der Waals surface area contributed by atoms with Crippen LogP contribution in [-0.2, 0) is 26.1 Å². The minimum absolute atomic E-state index is 0.112. The lowest BCUT2D eigenvalue weighted by Gasteiger charge is -2.27. The molecule has 0 saturated heterocycles. The number of ether oxygens (including phenoxy) is 1. The fourth-order valence-corrected chi connectivity index (χ4v) is 3.84. The van der Waals surface area contributed by atoms with Crippen LogP contribution in [0.15, 0.2) is 53.6 Å². The molecule has 0 aliphatic carbocycles. The van der Waals surface area contributed by atoms with Gasteiger partial charge in [-0.05, 0) is 37.1 Å². The third-order valence-electron chi connectivity index (χ3n) is 5.12. The highest BCUT2D eigenvalue weighted by molar-refractivity contribution is 5.34. The Balaban J connectivity index is 1.65. The topological polar surface area (TPSA) is 52.3 Å². The van der Waals surface area contributed by atoms with Gasteiger partial charge in [-0.3, -0.25) is 19.4 Å². The predicted octanol–water partition coefficient (Wildman–Crippen LogP) is 2.62. The van der Waals surface area contributed by atoms with Gasteiger partial charge in [0.2, 0.25) is 0 Å². The van der Waals surface area contributed by atoms with Crippen LogP contribution in [0, 0.1) is 0 Å². The summed E-state index contributed by atoms with van der Waals surface area (Å²) in [6.45, 7) is 5.26. The molecule has 27 heavy (non-hydrogen) atoms. The zero-order chi connectivity index (χ0) is 18.8. The molecule has 0 fully saturated rings. The van der Waals surface area contributed by atoms with Crippen LogP contribution in [0.1, 0.15) is 23.7 Å². The van der Waals surface area contributed by atoms with Crippen molar-refractivity contribution in [3.05, 3.63) is 76.0 Å². The van der Waals surface area contributed by atoms with E-state index >= 15 is 0 Å². The maximum absolute atomic E-state index is 13.0. The summed E-state index contributed by atoms with van der Waals surface area (Å²) in [5, 5.41) is 0. The molecule has 0 bridgehead atoms. The van der Waals surface area contributed by atoms with E-state index in [1.54, 1.807) is 13.3 Å². The first kappa shape index (κ1) is 17.5. The van der Waals surface area contributed by atoms with Crippen molar-refractivity contribution in [2.45, 2.75) is 33.0 Å². The molecule has 0 unspecified atom stereocenters. The molecule has 1 aliphatic rings. The molecule has 0 spiro atoms. The lowest BCUT2D eigenvalue weighted by Crippen LogP contribution is -2.32. The van der Waals surface area contributed by atoms with E-state index in [1.165, 1.54) is 0 Å². The number of nitrogens with zero attached hydrogens (tertiary/aromatic N) is 4. The zero-order valence-corrected chi connectivity index (χ0v) is 15.8. The Kier molecular flexibility index (Phi) is 4.81. The van der Waals surface area contributed by atoms with Crippen molar-refractivity contribution in [1.82, 2.24) is 19.2 Å². The molecule has 4 rings (SSSR count). The van der Waals surface area contributed by atoms with Crippen molar-refractivity contribution >= 4 is 0 Å². The van der Waals surface area contributed by atoms with Gasteiger partial charge in [0.1, 0.15) is 5.75 Å². The standard InChI is InChI=1S/C21H24N4O2/c1-3-24-20-15-23(14-16-11-18(27-2)13-22-12-16)10-9-19(20)21(26)25(24)17-7-5-4-6-8-17/h4-8,11-13H,3,9-10,14-15H2,1-2H3. The number of hydrogen-bond donors (Lipinski definition) is 0. The number of benzene rings is 1. The summed E-state index contributed by atoms with van der Waals surface area (Å²) in [5.74, 6) is 0.769. The van der Waals surface area contributed by atoms with E-state index in [2.05, 4.69) is 21.5 Å². The second-order valence-corrected chi connectivity index (χ2v) is 6.79. The number of fused-ring (bicyclic) bond motifs is 1. The molecule has 0 N–H and O–H groups in total. The normalized spacial score (nSPS) is 14.1. The average molecular weight is 364 g/mol. The highest BCUT2D eigenvalue weighted by atomic mass is 16.5. The smallest absolute Gasteiger partial charge is 0.274 e. The first-order chi connectivity index (χ1) is 13.2. The predicted molar refractivity (Wildman–Crippen MR) is 104 cm³/mol. The molecule has 3 heterocycles. The van der Waals surface area contributed by atoms with Crippen molar-refractivity contribution in [3.63, 3.8) is 0 Å². The van der Waals surface area contributed by atoms with Gasteiger partial charge in [-0.2, -0.15) is 0 Å². The molecule has 6 heteroatoms. The Labute approximate surface area is 158 Å². The van der Waals surface area contributed by atoms with Crippen LogP contribution in [-0.4, -0.2) is 32.9 Å². The molecule has 140 valence electrons. The second kappa shape index (κ2) is 7.40. The third-order valence-corrected chi connectivity index (χ3v) is 5.12. The highest BCUT2D eigenvalue weighted by Crippen LogP contribution is 2.22. The molecular formula is C21H24N4O2. The molecule has 1 aliphatic heterocycles. The Hall–Kier alpha value is -2.86. The Morgan fingerprint density at radius 2 is 2.00 bits per heavy atom. The van der Waals surface area contributed by atoms with E-state index in [0.29, 0.717) is 0 Å². The van der Waals surface area contributed by atoms with E-state index < -0.39 is 0 Å². The van der Waals surface area contributed by atoms with Gasteiger partial charge in [-0.1, -0.05) is 18.2 Å². The molecule has 1 aromatic carbocycles. The molecule has 2 aromatic heterocycles. The monoisotopic (exact) mass is 364 g/mol. The van der Waals surface area contributed by atoms with Gasteiger partial charge in [-0.25, -0.2) is 4.68 Å². The number of rotatable bonds is 5.